The van der Waals surface area contributed by atoms with E-state index in [-0.39, 0.29) is 5.82 Å². The van der Waals surface area contributed by atoms with Crippen LogP contribution in [0.15, 0.2) is 35.1 Å². The minimum Gasteiger partial charge on any atom is -0.495 e. The maximum absolute atomic E-state index is 13.6. The number of rotatable bonds is 2. The van der Waals surface area contributed by atoms with Crippen LogP contribution in [0.25, 0.3) is 22.4 Å². The Morgan fingerprint density at radius 1 is 1.25 bits per heavy atom. The molecule has 0 aliphatic carbocycles. The summed E-state index contributed by atoms with van der Waals surface area (Å²) in [6.07, 6.45) is 3.33. The molecule has 1 aromatic carbocycles. The van der Waals surface area contributed by atoms with Crippen molar-refractivity contribution in [3.05, 3.63) is 40.9 Å². The summed E-state index contributed by atoms with van der Waals surface area (Å²) in [5.41, 5.74) is 2.27. The Kier molecular flexibility index (Phi) is 3.17. The number of ether oxygens (including phenoxy) is 1. The lowest BCUT2D eigenvalue weighted by Gasteiger charge is -2.04. The largest absolute Gasteiger partial charge is 0.495 e. The molecule has 3 rings (SSSR count). The Balaban J connectivity index is 2.23. The van der Waals surface area contributed by atoms with E-state index >= 15 is 0 Å². The molecule has 0 spiro atoms. The summed E-state index contributed by atoms with van der Waals surface area (Å²) in [6, 6.07) is 4.98. The summed E-state index contributed by atoms with van der Waals surface area (Å²) < 4.78 is 21.0. The predicted molar refractivity (Wildman–Crippen MR) is 78.2 cm³/mol. The van der Waals surface area contributed by atoms with Crippen LogP contribution in [0.5, 0.6) is 5.75 Å². The van der Waals surface area contributed by atoms with Gasteiger partial charge >= 0.3 is 0 Å². The monoisotopic (exact) mass is 335 g/mol. The number of methoxy groups -OCH3 is 1. The average Bonchev–Trinajstić information content (AvgIpc) is 2.77. The van der Waals surface area contributed by atoms with Crippen LogP contribution in [-0.4, -0.2) is 21.6 Å². The van der Waals surface area contributed by atoms with Crippen molar-refractivity contribution in [3.8, 4) is 17.1 Å². The number of aromatic nitrogens is 3. The predicted octanol–water partition coefficient (Wildman–Crippen LogP) is 3.55. The van der Waals surface area contributed by atoms with Crippen molar-refractivity contribution in [1.29, 1.82) is 0 Å². The van der Waals surface area contributed by atoms with E-state index in [0.29, 0.717) is 16.0 Å². The average molecular weight is 336 g/mol. The smallest absolute Gasteiger partial charge is 0.142 e. The summed E-state index contributed by atoms with van der Waals surface area (Å²) in [6.45, 7) is 0. The lowest BCUT2D eigenvalue weighted by molar-refractivity contribution is 0.413. The SMILES string of the molecule is COc1cncc(-c2nc3cc(Br)c(F)cc3n2C)c1. The highest BCUT2D eigenvalue weighted by atomic mass is 79.9. The number of hydrogen-bond donors (Lipinski definition) is 0. The van der Waals surface area contributed by atoms with E-state index in [9.17, 15) is 4.39 Å². The lowest BCUT2D eigenvalue weighted by Crippen LogP contribution is -1.94. The fraction of sp³-hybridized carbons (Fsp3) is 0.143. The molecular weight excluding hydrogens is 325 g/mol. The zero-order valence-electron chi connectivity index (χ0n) is 10.9. The molecule has 0 saturated carbocycles. The van der Waals surface area contributed by atoms with E-state index in [1.165, 1.54) is 6.07 Å². The first-order valence-corrected chi connectivity index (χ1v) is 6.70. The number of benzene rings is 1. The van der Waals surface area contributed by atoms with Gasteiger partial charge in [-0.2, -0.15) is 0 Å². The lowest BCUT2D eigenvalue weighted by atomic mass is 10.2. The topological polar surface area (TPSA) is 39.9 Å². The first-order chi connectivity index (χ1) is 9.60. The zero-order chi connectivity index (χ0) is 14.3. The third-order valence-electron chi connectivity index (χ3n) is 3.13. The Labute approximate surface area is 123 Å². The summed E-state index contributed by atoms with van der Waals surface area (Å²) in [5, 5.41) is 0. The Bertz CT molecular complexity index is 800. The van der Waals surface area contributed by atoms with Crippen LogP contribution in [0.1, 0.15) is 0 Å². The van der Waals surface area contributed by atoms with Gasteiger partial charge in [0.05, 0.1) is 28.8 Å². The van der Waals surface area contributed by atoms with E-state index < -0.39 is 0 Å². The quantitative estimate of drug-likeness (QED) is 0.719. The molecule has 102 valence electrons. The van der Waals surface area contributed by atoms with Crippen molar-refractivity contribution < 1.29 is 9.13 Å². The molecule has 6 heteroatoms. The highest BCUT2D eigenvalue weighted by molar-refractivity contribution is 9.10. The highest BCUT2D eigenvalue weighted by Gasteiger charge is 2.13. The summed E-state index contributed by atoms with van der Waals surface area (Å²) in [5.74, 6) is 1.06. The minimum absolute atomic E-state index is 0.309. The number of imidazole rings is 1. The number of pyridine rings is 1. The van der Waals surface area contributed by atoms with Gasteiger partial charge in [-0.15, -0.1) is 0 Å². The summed E-state index contributed by atoms with van der Waals surface area (Å²) >= 11 is 3.17. The molecule has 2 aromatic heterocycles. The molecule has 0 aliphatic heterocycles. The Morgan fingerprint density at radius 2 is 2.05 bits per heavy atom. The van der Waals surface area contributed by atoms with Crippen LogP contribution in [-0.2, 0) is 7.05 Å². The molecule has 4 nitrogen and oxygen atoms in total. The van der Waals surface area contributed by atoms with Crippen LogP contribution in [0.3, 0.4) is 0 Å². The molecule has 0 amide bonds. The molecule has 0 saturated heterocycles. The van der Waals surface area contributed by atoms with E-state index in [0.717, 1.165) is 16.6 Å². The van der Waals surface area contributed by atoms with Crippen molar-refractivity contribution in [2.75, 3.05) is 7.11 Å². The molecule has 0 radical (unpaired) electrons. The molecule has 0 N–H and O–H groups in total. The van der Waals surface area contributed by atoms with Gasteiger partial charge in [0, 0.05) is 24.9 Å². The molecule has 0 bridgehead atoms. The van der Waals surface area contributed by atoms with Crippen LogP contribution in [0, 0.1) is 5.82 Å². The molecular formula is C14H11BrFN3O. The molecule has 0 aliphatic rings. The number of aryl methyl sites for hydroxylation is 1. The van der Waals surface area contributed by atoms with Crippen LogP contribution in [0.4, 0.5) is 4.39 Å². The number of halogens is 2. The van der Waals surface area contributed by atoms with Gasteiger partial charge in [-0.25, -0.2) is 9.37 Å². The van der Waals surface area contributed by atoms with Crippen LogP contribution < -0.4 is 4.74 Å². The van der Waals surface area contributed by atoms with E-state index in [4.69, 9.17) is 4.74 Å². The first kappa shape index (κ1) is 13.1. The maximum Gasteiger partial charge on any atom is 0.142 e. The van der Waals surface area contributed by atoms with Gasteiger partial charge in [-0.1, -0.05) is 0 Å². The van der Waals surface area contributed by atoms with Crippen molar-refractivity contribution in [2.45, 2.75) is 0 Å². The van der Waals surface area contributed by atoms with Crippen molar-refractivity contribution >= 4 is 27.0 Å². The van der Waals surface area contributed by atoms with Gasteiger partial charge in [0.1, 0.15) is 17.4 Å². The molecule has 3 aromatic rings. The van der Waals surface area contributed by atoms with Gasteiger partial charge in [0.2, 0.25) is 0 Å². The van der Waals surface area contributed by atoms with E-state index in [1.54, 1.807) is 25.6 Å². The van der Waals surface area contributed by atoms with Gasteiger partial charge in [0.25, 0.3) is 0 Å². The maximum atomic E-state index is 13.6. The standard InChI is InChI=1S/C14H11BrFN3O/c1-19-13-5-11(16)10(15)4-12(13)18-14(19)8-3-9(20-2)7-17-6-8/h3-7H,1-2H3. The Hall–Kier alpha value is -1.95. The molecule has 0 atom stereocenters. The third-order valence-corrected chi connectivity index (χ3v) is 3.74. The van der Waals surface area contributed by atoms with E-state index in [1.807, 2.05) is 17.7 Å². The second kappa shape index (κ2) is 4.86. The molecule has 2 heterocycles. The van der Waals surface area contributed by atoms with Crippen LogP contribution in [0.2, 0.25) is 0 Å². The highest BCUT2D eigenvalue weighted by Crippen LogP contribution is 2.28. The molecule has 0 unspecified atom stereocenters. The normalized spacial score (nSPS) is 11.0. The van der Waals surface area contributed by atoms with E-state index in [2.05, 4.69) is 25.9 Å². The fourth-order valence-corrected chi connectivity index (χ4v) is 2.43. The minimum atomic E-state index is -0.309. The molecule has 20 heavy (non-hydrogen) atoms. The number of nitrogens with zero attached hydrogens (tertiary/aromatic N) is 3. The first-order valence-electron chi connectivity index (χ1n) is 5.91. The third kappa shape index (κ3) is 2.06. The van der Waals surface area contributed by atoms with Gasteiger partial charge < -0.3 is 9.30 Å². The fourth-order valence-electron chi connectivity index (χ4n) is 2.10. The Morgan fingerprint density at radius 3 is 2.80 bits per heavy atom. The number of fused-ring (bicyclic) bond motifs is 1. The molecule has 0 fully saturated rings. The zero-order valence-corrected chi connectivity index (χ0v) is 12.5. The van der Waals surface area contributed by atoms with Crippen molar-refractivity contribution in [1.82, 2.24) is 14.5 Å². The van der Waals surface area contributed by atoms with Gasteiger partial charge in [0.15, 0.2) is 0 Å². The van der Waals surface area contributed by atoms with Gasteiger partial charge in [-0.3, -0.25) is 4.98 Å². The van der Waals surface area contributed by atoms with Crippen molar-refractivity contribution in [2.24, 2.45) is 7.05 Å². The second-order valence-electron chi connectivity index (χ2n) is 4.36. The summed E-state index contributed by atoms with van der Waals surface area (Å²) in [4.78, 5) is 8.65. The second-order valence-corrected chi connectivity index (χ2v) is 5.22. The number of hydrogen-bond acceptors (Lipinski definition) is 3. The van der Waals surface area contributed by atoms with Gasteiger partial charge in [-0.05, 0) is 28.1 Å². The van der Waals surface area contributed by atoms with Crippen molar-refractivity contribution in [3.63, 3.8) is 0 Å². The summed E-state index contributed by atoms with van der Waals surface area (Å²) in [7, 11) is 3.43. The van der Waals surface area contributed by atoms with Crippen LogP contribution >= 0.6 is 15.9 Å².